The Morgan fingerprint density at radius 2 is 0.990 bits per heavy atom. The fraction of sp³-hybridized carbons (Fsp3) is 0.0353. The summed E-state index contributed by atoms with van der Waals surface area (Å²) in [6.45, 7) is 4.25. The van der Waals surface area contributed by atoms with Crippen molar-refractivity contribution in [3.05, 3.63) is 295 Å². The molecule has 0 radical (unpaired) electrons. The number of pyridine rings is 2. The molecule has 0 N–H and O–H groups in total. The minimum absolute atomic E-state index is 0.737. The summed E-state index contributed by atoms with van der Waals surface area (Å²) in [5, 5.41) is 14.4. The molecule has 9 aromatic carbocycles. The van der Waals surface area contributed by atoms with Crippen LogP contribution in [0.3, 0.4) is 0 Å². The van der Waals surface area contributed by atoms with E-state index in [1.54, 1.807) is 30.1 Å². The predicted molar refractivity (Wildman–Crippen MR) is 401 cm³/mol. The van der Waals surface area contributed by atoms with Crippen LogP contribution in [0.5, 0.6) is 0 Å². The molecule has 9 heterocycles. The molecular weight excluding hydrogens is 1250 g/mol. The summed E-state index contributed by atoms with van der Waals surface area (Å²) in [7, 11) is 0. The van der Waals surface area contributed by atoms with Crippen LogP contribution < -0.4 is 0 Å². The van der Waals surface area contributed by atoms with Crippen molar-refractivity contribution in [1.29, 1.82) is 0 Å². The standard InChI is InChI=1S/C85H53N5O2S4/c1-49-31-71(87-73(33-49)58-28-30-91-47-58)53-22-24-75-69(43-53)70-44-54(72-32-50(2)34-74(88-72)77-17-10-29-92-77)23-25-76(70)90(75)64-40-62(39-63(41-64)83-46-56-12-4-8-19-79(56)96-83)81-27-26-80(94-81)60-36-59(37-61(38-60)82-45-55-11-3-7-18-78(55)95-82)51-20-21-52-35-57-13-9-16-66(84(57)68(52)42-51)65-14-5-6-15-67(65)85-89-86-48-93-85/h3-34,36-48H,35H2,1-2H3. The van der Waals surface area contributed by atoms with Crippen molar-refractivity contribution in [2.24, 2.45) is 0 Å². The minimum Gasteiger partial charge on any atom is -0.472 e. The third-order valence-corrected chi connectivity index (χ3v) is 22.9. The largest absolute Gasteiger partial charge is 0.472 e. The Bertz CT molecular complexity index is 5900. The summed E-state index contributed by atoms with van der Waals surface area (Å²) in [5.41, 5.74) is 29.5. The van der Waals surface area contributed by atoms with Gasteiger partial charge in [-0.3, -0.25) is 0 Å². The van der Waals surface area contributed by atoms with Gasteiger partial charge < -0.3 is 13.4 Å². The Hall–Kier alpha value is -11.2. The lowest BCUT2D eigenvalue weighted by molar-refractivity contribution is 0.568. The number of hydrogen-bond acceptors (Lipinski definition) is 10. The minimum atomic E-state index is 0.737. The van der Waals surface area contributed by atoms with Crippen LogP contribution in [-0.4, -0.2) is 24.7 Å². The Morgan fingerprint density at radius 3 is 1.64 bits per heavy atom. The van der Waals surface area contributed by atoms with Crippen molar-refractivity contribution < 1.29 is 8.83 Å². The average molecular weight is 1300 g/mol. The predicted octanol–water partition coefficient (Wildman–Crippen LogP) is 24.6. The normalized spacial score (nSPS) is 12.0. The first kappa shape index (κ1) is 56.4. The number of hydrogen-bond donors (Lipinski definition) is 0. The van der Waals surface area contributed by atoms with E-state index in [2.05, 4.69) is 259 Å². The zero-order chi connectivity index (χ0) is 63.5. The zero-order valence-corrected chi connectivity index (χ0v) is 55.1. The Labute approximate surface area is 568 Å². The van der Waals surface area contributed by atoms with Crippen molar-refractivity contribution in [2.45, 2.75) is 20.3 Å². The van der Waals surface area contributed by atoms with Crippen LogP contribution in [0.25, 0.3) is 179 Å². The molecule has 0 bridgehead atoms. The molecule has 19 rings (SSSR count). The first-order valence-corrected chi connectivity index (χ1v) is 35.3. The molecule has 0 aliphatic heterocycles. The summed E-state index contributed by atoms with van der Waals surface area (Å²) < 4.78 is 16.4. The summed E-state index contributed by atoms with van der Waals surface area (Å²) >= 11 is 7.12. The van der Waals surface area contributed by atoms with Gasteiger partial charge in [-0.2, -0.15) is 0 Å². The van der Waals surface area contributed by atoms with Crippen LogP contribution >= 0.6 is 45.3 Å². The Balaban J connectivity index is 0.772. The van der Waals surface area contributed by atoms with Gasteiger partial charge in [-0.15, -0.1) is 44.2 Å². The Kier molecular flexibility index (Phi) is 13.4. The van der Waals surface area contributed by atoms with E-state index in [0.717, 1.165) is 112 Å². The van der Waals surface area contributed by atoms with Gasteiger partial charge in [-0.05, 0) is 255 Å². The lowest BCUT2D eigenvalue weighted by atomic mass is 9.90. The molecule has 0 fully saturated rings. The molecule has 96 heavy (non-hydrogen) atoms. The molecule has 0 saturated heterocycles. The average Bonchev–Trinajstić information content (AvgIpc) is 1.58. The molecule has 1 aliphatic rings. The van der Waals surface area contributed by atoms with Crippen molar-refractivity contribution in [3.8, 4) is 137 Å². The highest BCUT2D eigenvalue weighted by Gasteiger charge is 2.26. The molecule has 0 spiro atoms. The van der Waals surface area contributed by atoms with E-state index in [9.17, 15) is 0 Å². The Morgan fingerprint density at radius 1 is 0.396 bits per heavy atom. The van der Waals surface area contributed by atoms with Gasteiger partial charge >= 0.3 is 0 Å². The van der Waals surface area contributed by atoms with Crippen LogP contribution in [0.15, 0.2) is 282 Å². The second kappa shape index (κ2) is 22.8. The molecule has 0 unspecified atom stereocenters. The number of fused-ring (bicyclic) bond motifs is 8. The van der Waals surface area contributed by atoms with E-state index < -0.39 is 0 Å². The van der Waals surface area contributed by atoms with E-state index in [4.69, 9.17) is 18.8 Å². The molecule has 11 heteroatoms. The van der Waals surface area contributed by atoms with Crippen LogP contribution in [0.4, 0.5) is 0 Å². The number of nitrogens with zero attached hydrogens (tertiary/aromatic N) is 5. The molecule has 1 aliphatic carbocycles. The number of thiophene rings is 3. The van der Waals surface area contributed by atoms with Gasteiger partial charge in [0.1, 0.15) is 16.2 Å². The second-order valence-corrected chi connectivity index (χ2v) is 28.9. The van der Waals surface area contributed by atoms with E-state index in [-0.39, 0.29) is 0 Å². The zero-order valence-electron chi connectivity index (χ0n) is 51.9. The van der Waals surface area contributed by atoms with Crippen LogP contribution in [-0.2, 0) is 6.42 Å². The van der Waals surface area contributed by atoms with Crippen LogP contribution in [0, 0.1) is 13.8 Å². The van der Waals surface area contributed by atoms with E-state index in [1.807, 2.05) is 57.7 Å². The van der Waals surface area contributed by atoms with E-state index in [0.29, 0.717) is 0 Å². The fourth-order valence-corrected chi connectivity index (χ4v) is 17.9. The number of benzene rings is 9. The first-order chi connectivity index (χ1) is 47.3. The first-order valence-electron chi connectivity index (χ1n) is 31.9. The van der Waals surface area contributed by atoms with E-state index >= 15 is 0 Å². The smallest absolute Gasteiger partial charge is 0.152 e. The van der Waals surface area contributed by atoms with Crippen molar-refractivity contribution >= 4 is 87.3 Å². The number of aromatic nitrogens is 5. The van der Waals surface area contributed by atoms with Gasteiger partial charge in [-0.1, -0.05) is 114 Å². The summed E-state index contributed by atoms with van der Waals surface area (Å²) in [6, 6.07) is 91.8. The molecule has 454 valence electrons. The number of rotatable bonds is 12. The van der Waals surface area contributed by atoms with Crippen LogP contribution in [0.1, 0.15) is 22.3 Å². The molecule has 0 saturated carbocycles. The van der Waals surface area contributed by atoms with Gasteiger partial charge in [0.2, 0.25) is 0 Å². The molecule has 18 aromatic rings. The fourth-order valence-electron chi connectivity index (χ4n) is 14.2. The highest BCUT2D eigenvalue weighted by Crippen LogP contribution is 2.50. The lowest BCUT2D eigenvalue weighted by Crippen LogP contribution is -1.96. The summed E-state index contributed by atoms with van der Waals surface area (Å²) in [6.07, 6.45) is 6.05. The van der Waals surface area contributed by atoms with Crippen molar-refractivity contribution in [3.63, 3.8) is 0 Å². The van der Waals surface area contributed by atoms with Gasteiger partial charge in [-0.25, -0.2) is 9.97 Å². The maximum atomic E-state index is 5.89. The third-order valence-electron chi connectivity index (χ3n) is 18.6. The van der Waals surface area contributed by atoms with Gasteiger partial charge in [0.05, 0.1) is 46.9 Å². The molecular formula is C85H53N5O2S4. The third kappa shape index (κ3) is 9.89. The van der Waals surface area contributed by atoms with E-state index in [1.165, 1.54) is 95.3 Å². The molecule has 9 aromatic heterocycles. The van der Waals surface area contributed by atoms with Gasteiger partial charge in [0, 0.05) is 67.6 Å². The quantitative estimate of drug-likeness (QED) is 0.121. The summed E-state index contributed by atoms with van der Waals surface area (Å²) in [5.74, 6) is 0.737. The lowest BCUT2D eigenvalue weighted by Gasteiger charge is -2.14. The van der Waals surface area contributed by atoms with Crippen LogP contribution in [0.2, 0.25) is 0 Å². The molecule has 0 amide bonds. The monoisotopic (exact) mass is 1300 g/mol. The highest BCUT2D eigenvalue weighted by atomic mass is 32.1. The highest BCUT2D eigenvalue weighted by molar-refractivity contribution is 7.22. The summed E-state index contributed by atoms with van der Waals surface area (Å²) in [4.78, 5) is 15.3. The van der Waals surface area contributed by atoms with Gasteiger partial charge in [0.15, 0.2) is 5.76 Å². The van der Waals surface area contributed by atoms with Crippen molar-refractivity contribution in [2.75, 3.05) is 0 Å². The maximum absolute atomic E-state index is 5.89. The molecule has 0 atom stereocenters. The SMILES string of the molecule is Cc1cc(-c2ccoc2)nc(-c2ccc3c(c2)c2cc(-c4cc(C)cc(-c5ccco5)n4)ccc2n3-c2cc(-c3ccc(-c4cc(-c5ccc6c(c5)-c5c(cccc5-c5ccccc5-c5nncs5)C6)cc(-c5cc6ccccc6s5)c4)s3)cc(-c3cc4ccccc4s3)c2)c1. The topological polar surface area (TPSA) is 82.8 Å². The molecule has 7 nitrogen and oxygen atoms in total. The van der Waals surface area contributed by atoms with Crippen molar-refractivity contribution in [1.82, 2.24) is 24.7 Å². The van der Waals surface area contributed by atoms with Gasteiger partial charge in [0.25, 0.3) is 0 Å². The second-order valence-electron chi connectivity index (χ2n) is 24.8. The maximum Gasteiger partial charge on any atom is 0.152 e. The number of furan rings is 2. The number of aryl methyl sites for hydroxylation is 2.